The third-order valence-corrected chi connectivity index (χ3v) is 4.37. The molecule has 0 saturated heterocycles. The first-order valence-electron chi connectivity index (χ1n) is 8.39. The quantitative estimate of drug-likeness (QED) is 0.794. The van der Waals surface area contributed by atoms with Gasteiger partial charge in [0.2, 0.25) is 0 Å². The highest BCUT2D eigenvalue weighted by Gasteiger charge is 2.12. The molecule has 0 aliphatic heterocycles. The van der Waals surface area contributed by atoms with E-state index in [2.05, 4.69) is 41.7 Å². The van der Waals surface area contributed by atoms with Crippen molar-refractivity contribution in [2.24, 2.45) is 0 Å². The molecule has 2 aromatic rings. The largest absolute Gasteiger partial charge is 0.489 e. The topological polar surface area (TPSA) is 21.3 Å². The Morgan fingerprint density at radius 2 is 1.52 bits per heavy atom. The van der Waals surface area contributed by atoms with Crippen LogP contribution in [0.4, 0.5) is 0 Å². The Kier molecular flexibility index (Phi) is 7.44. The van der Waals surface area contributed by atoms with E-state index in [-0.39, 0.29) is 12.4 Å². The lowest BCUT2D eigenvalue weighted by molar-refractivity contribution is 0.306. The van der Waals surface area contributed by atoms with Gasteiger partial charge in [-0.25, -0.2) is 0 Å². The summed E-state index contributed by atoms with van der Waals surface area (Å²) in [6.07, 6.45) is 6.83. The van der Waals surface area contributed by atoms with Crippen LogP contribution in [0.2, 0.25) is 0 Å². The van der Waals surface area contributed by atoms with Crippen molar-refractivity contribution in [2.45, 2.75) is 51.3 Å². The van der Waals surface area contributed by atoms with E-state index >= 15 is 0 Å². The predicted octanol–water partition coefficient (Wildman–Crippen LogP) is 5.11. The van der Waals surface area contributed by atoms with Crippen LogP contribution in [0, 0.1) is 0 Å². The van der Waals surface area contributed by atoms with Crippen molar-refractivity contribution in [3.63, 3.8) is 0 Å². The van der Waals surface area contributed by atoms with Gasteiger partial charge >= 0.3 is 0 Å². The molecule has 1 fully saturated rings. The maximum Gasteiger partial charge on any atom is 0.119 e. The second-order valence-electron chi connectivity index (χ2n) is 6.13. The Morgan fingerprint density at radius 1 is 0.826 bits per heavy atom. The average Bonchev–Trinajstić information content (AvgIpc) is 2.61. The van der Waals surface area contributed by atoms with Crippen LogP contribution < -0.4 is 10.1 Å². The number of nitrogens with one attached hydrogen (secondary N) is 1. The second-order valence-corrected chi connectivity index (χ2v) is 6.13. The zero-order valence-corrected chi connectivity index (χ0v) is 14.4. The molecule has 3 heteroatoms. The molecule has 124 valence electrons. The fraction of sp³-hybridized carbons (Fsp3) is 0.400. The summed E-state index contributed by atoms with van der Waals surface area (Å²) in [7, 11) is 0. The molecule has 3 rings (SSSR count). The summed E-state index contributed by atoms with van der Waals surface area (Å²) in [5, 5.41) is 3.67. The molecule has 0 spiro atoms. The molecule has 0 bridgehead atoms. The van der Waals surface area contributed by atoms with E-state index in [0.29, 0.717) is 12.6 Å². The monoisotopic (exact) mass is 331 g/mol. The van der Waals surface area contributed by atoms with Gasteiger partial charge in [0.15, 0.2) is 0 Å². The fourth-order valence-corrected chi connectivity index (χ4v) is 3.01. The van der Waals surface area contributed by atoms with E-state index in [1.165, 1.54) is 43.2 Å². The van der Waals surface area contributed by atoms with Crippen LogP contribution >= 0.6 is 12.4 Å². The highest BCUT2D eigenvalue weighted by atomic mass is 35.5. The van der Waals surface area contributed by atoms with Gasteiger partial charge in [-0.2, -0.15) is 0 Å². The number of rotatable bonds is 6. The molecule has 1 aliphatic rings. The van der Waals surface area contributed by atoms with Gasteiger partial charge in [-0.1, -0.05) is 61.7 Å². The molecule has 0 heterocycles. The first kappa shape index (κ1) is 17.8. The van der Waals surface area contributed by atoms with Crippen molar-refractivity contribution in [1.29, 1.82) is 0 Å². The van der Waals surface area contributed by atoms with E-state index in [0.717, 1.165) is 12.3 Å². The number of halogens is 1. The molecule has 1 saturated carbocycles. The molecule has 0 unspecified atom stereocenters. The Morgan fingerprint density at radius 3 is 2.22 bits per heavy atom. The van der Waals surface area contributed by atoms with E-state index < -0.39 is 0 Å². The van der Waals surface area contributed by atoms with Crippen LogP contribution in [0.3, 0.4) is 0 Å². The summed E-state index contributed by atoms with van der Waals surface area (Å²) >= 11 is 0. The molecule has 2 aromatic carbocycles. The van der Waals surface area contributed by atoms with Gasteiger partial charge in [-0.05, 0) is 36.1 Å². The van der Waals surface area contributed by atoms with Crippen LogP contribution in [-0.2, 0) is 13.2 Å². The average molecular weight is 332 g/mol. The molecule has 0 atom stereocenters. The first-order valence-corrected chi connectivity index (χ1v) is 8.39. The highest BCUT2D eigenvalue weighted by molar-refractivity contribution is 5.85. The molecule has 23 heavy (non-hydrogen) atoms. The Balaban J connectivity index is 0.00000192. The minimum Gasteiger partial charge on any atom is -0.489 e. The molecule has 1 aliphatic carbocycles. The highest BCUT2D eigenvalue weighted by Crippen LogP contribution is 2.18. The van der Waals surface area contributed by atoms with Gasteiger partial charge in [0.1, 0.15) is 12.4 Å². The summed E-state index contributed by atoms with van der Waals surface area (Å²) in [6, 6.07) is 19.5. The summed E-state index contributed by atoms with van der Waals surface area (Å²) in [5.74, 6) is 0.935. The van der Waals surface area contributed by atoms with E-state index in [1.807, 2.05) is 18.2 Å². The molecular weight excluding hydrogens is 306 g/mol. The maximum atomic E-state index is 5.82. The van der Waals surface area contributed by atoms with Crippen LogP contribution in [0.15, 0.2) is 54.6 Å². The van der Waals surface area contributed by atoms with Crippen molar-refractivity contribution < 1.29 is 4.74 Å². The first-order chi connectivity index (χ1) is 10.9. The standard InChI is InChI=1S/C20H25NO.ClH/c1-3-7-18(8-4-1)16-22-20-13-11-17(12-14-20)15-21-19-9-5-2-6-10-19;/h1,3-4,7-8,11-14,19,21H,2,5-6,9-10,15-16H2;1H. The van der Waals surface area contributed by atoms with Gasteiger partial charge in [0.05, 0.1) is 0 Å². The number of hydrogen-bond acceptors (Lipinski definition) is 2. The second kappa shape index (κ2) is 9.59. The van der Waals surface area contributed by atoms with Gasteiger partial charge in [-0.15, -0.1) is 12.4 Å². The van der Waals surface area contributed by atoms with Crippen LogP contribution in [-0.4, -0.2) is 6.04 Å². The zero-order valence-electron chi connectivity index (χ0n) is 13.5. The molecule has 1 N–H and O–H groups in total. The van der Waals surface area contributed by atoms with Crippen molar-refractivity contribution in [3.8, 4) is 5.75 Å². The van der Waals surface area contributed by atoms with Gasteiger partial charge in [0, 0.05) is 12.6 Å². The minimum atomic E-state index is 0. The third-order valence-electron chi connectivity index (χ3n) is 4.37. The van der Waals surface area contributed by atoms with Crippen LogP contribution in [0.5, 0.6) is 5.75 Å². The number of benzene rings is 2. The summed E-state index contributed by atoms with van der Waals surface area (Å²) < 4.78 is 5.82. The summed E-state index contributed by atoms with van der Waals surface area (Å²) in [5.41, 5.74) is 2.53. The van der Waals surface area contributed by atoms with E-state index in [1.54, 1.807) is 0 Å². The predicted molar refractivity (Wildman–Crippen MR) is 98.2 cm³/mol. The van der Waals surface area contributed by atoms with Crippen LogP contribution in [0.25, 0.3) is 0 Å². The van der Waals surface area contributed by atoms with Gasteiger partial charge < -0.3 is 10.1 Å². The molecule has 2 nitrogen and oxygen atoms in total. The number of ether oxygens (including phenoxy) is 1. The summed E-state index contributed by atoms with van der Waals surface area (Å²) in [6.45, 7) is 1.59. The van der Waals surface area contributed by atoms with E-state index in [9.17, 15) is 0 Å². The van der Waals surface area contributed by atoms with E-state index in [4.69, 9.17) is 4.74 Å². The lowest BCUT2D eigenvalue weighted by Crippen LogP contribution is -2.30. The lowest BCUT2D eigenvalue weighted by atomic mass is 9.95. The van der Waals surface area contributed by atoms with Gasteiger partial charge in [-0.3, -0.25) is 0 Å². The summed E-state index contributed by atoms with van der Waals surface area (Å²) in [4.78, 5) is 0. The van der Waals surface area contributed by atoms with Crippen molar-refractivity contribution in [1.82, 2.24) is 5.32 Å². The fourth-order valence-electron chi connectivity index (χ4n) is 3.01. The molecule has 0 amide bonds. The molecule has 0 radical (unpaired) electrons. The smallest absolute Gasteiger partial charge is 0.119 e. The van der Waals surface area contributed by atoms with Crippen molar-refractivity contribution in [3.05, 3.63) is 65.7 Å². The maximum absolute atomic E-state index is 5.82. The lowest BCUT2D eigenvalue weighted by Gasteiger charge is -2.22. The minimum absolute atomic E-state index is 0. The third kappa shape index (κ3) is 5.89. The Labute approximate surface area is 145 Å². The molecule has 0 aromatic heterocycles. The number of hydrogen-bond donors (Lipinski definition) is 1. The Hall–Kier alpha value is -1.51. The van der Waals surface area contributed by atoms with Gasteiger partial charge in [0.25, 0.3) is 0 Å². The normalized spacial score (nSPS) is 15.0. The molecular formula is C20H26ClNO. The van der Waals surface area contributed by atoms with Crippen molar-refractivity contribution >= 4 is 12.4 Å². The van der Waals surface area contributed by atoms with Crippen LogP contribution in [0.1, 0.15) is 43.2 Å². The SMILES string of the molecule is Cl.c1ccc(COc2ccc(CNC3CCCCC3)cc2)cc1. The Bertz CT molecular complexity index is 550. The van der Waals surface area contributed by atoms with Crippen molar-refractivity contribution in [2.75, 3.05) is 0 Å². The zero-order chi connectivity index (χ0) is 15.0.